The average Bonchev–Trinajstić information content (AvgIpc) is 2.95. The molecule has 0 saturated carbocycles. The van der Waals surface area contributed by atoms with Gasteiger partial charge in [0.15, 0.2) is 0 Å². The summed E-state index contributed by atoms with van der Waals surface area (Å²) in [5.74, 6) is 0.163. The molecule has 1 N–H and O–H groups in total. The normalized spacial score (nSPS) is 13.8. The van der Waals surface area contributed by atoms with Gasteiger partial charge in [-0.3, -0.25) is 0 Å². The van der Waals surface area contributed by atoms with Crippen molar-refractivity contribution >= 4 is 5.97 Å². The predicted octanol–water partition coefficient (Wildman–Crippen LogP) is 4.53. The van der Waals surface area contributed by atoms with Gasteiger partial charge < -0.3 is 14.6 Å². The molecule has 0 amide bonds. The first-order chi connectivity index (χ1) is 11.5. The van der Waals surface area contributed by atoms with Gasteiger partial charge in [-0.25, -0.2) is 4.79 Å². The Kier molecular flexibility index (Phi) is 6.29. The van der Waals surface area contributed by atoms with Gasteiger partial charge in [-0.05, 0) is 52.0 Å². The van der Waals surface area contributed by atoms with E-state index in [2.05, 4.69) is 13.0 Å². The zero-order valence-electron chi connectivity index (χ0n) is 14.8. The summed E-state index contributed by atoms with van der Waals surface area (Å²) in [4.78, 5) is 11.9. The van der Waals surface area contributed by atoms with Gasteiger partial charge in [0.05, 0.1) is 7.11 Å². The van der Waals surface area contributed by atoms with Gasteiger partial charge in [-0.15, -0.1) is 0 Å². The number of allylic oxidation sites excluding steroid dienone is 2. The second-order valence-corrected chi connectivity index (χ2v) is 6.27. The van der Waals surface area contributed by atoms with Crippen molar-refractivity contribution in [2.45, 2.75) is 59.0 Å². The number of ether oxygens (including phenoxy) is 2. The first kappa shape index (κ1) is 18.4. The minimum absolute atomic E-state index is 0.0119. The molecule has 1 aliphatic rings. The third-order valence-electron chi connectivity index (χ3n) is 4.58. The molecule has 4 nitrogen and oxygen atoms in total. The van der Waals surface area contributed by atoms with E-state index in [9.17, 15) is 9.90 Å². The van der Waals surface area contributed by atoms with Gasteiger partial charge >= 0.3 is 5.97 Å². The largest absolute Gasteiger partial charge is 0.507 e. The number of esters is 1. The summed E-state index contributed by atoms with van der Waals surface area (Å²) < 4.78 is 10.6. The fraction of sp³-hybridized carbons (Fsp3) is 0.500. The molecule has 0 aromatic heterocycles. The highest BCUT2D eigenvalue weighted by atomic mass is 16.5. The third-order valence-corrected chi connectivity index (χ3v) is 4.58. The van der Waals surface area contributed by atoms with E-state index in [1.54, 1.807) is 7.11 Å². The summed E-state index contributed by atoms with van der Waals surface area (Å²) >= 11 is 0. The minimum atomic E-state index is -0.461. The molecule has 1 aliphatic heterocycles. The number of aromatic hydroxyl groups is 1. The summed E-state index contributed by atoms with van der Waals surface area (Å²) in [5, 5.41) is 10.6. The van der Waals surface area contributed by atoms with Crippen LogP contribution in [0.4, 0.5) is 0 Å². The van der Waals surface area contributed by atoms with Gasteiger partial charge in [0, 0.05) is 11.1 Å². The van der Waals surface area contributed by atoms with Crippen molar-refractivity contribution < 1.29 is 19.4 Å². The molecule has 1 aromatic carbocycles. The maximum absolute atomic E-state index is 11.9. The standard InChI is InChI=1S/C20H26O4/c1-5-6-7-8-9-13(2)10-11-15-18(21)17-16(12-24-20(17)22)14(3)19(15)23-4/h1,10,21H,5-9,11-12H2,2-4H3. The van der Waals surface area contributed by atoms with Gasteiger partial charge in [0.25, 0.3) is 0 Å². The summed E-state index contributed by atoms with van der Waals surface area (Å²) in [6, 6.07) is 0. The summed E-state index contributed by atoms with van der Waals surface area (Å²) in [7, 11) is 1.58. The Morgan fingerprint density at radius 2 is 2.12 bits per heavy atom. The number of rotatable bonds is 8. The van der Waals surface area contributed by atoms with Crippen LogP contribution in [0, 0.1) is 13.8 Å². The van der Waals surface area contributed by atoms with E-state index in [-0.39, 0.29) is 17.9 Å². The number of phenolic OH excluding ortho intramolecular Hbond substituents is 1. The van der Waals surface area contributed by atoms with Crippen LogP contribution < -0.4 is 4.74 Å². The summed E-state index contributed by atoms with van der Waals surface area (Å²) in [6.07, 6.45) is 7.64. The SMILES string of the molecule is [CH]CCCCCC(C)=CCc1c(O)c2c(c(C)c1OC)COC2=O. The van der Waals surface area contributed by atoms with Crippen molar-refractivity contribution in [2.75, 3.05) is 7.11 Å². The van der Waals surface area contributed by atoms with E-state index >= 15 is 0 Å². The van der Waals surface area contributed by atoms with Crippen molar-refractivity contribution in [3.8, 4) is 11.5 Å². The monoisotopic (exact) mass is 330 g/mol. The smallest absolute Gasteiger partial charge is 0.342 e. The van der Waals surface area contributed by atoms with Crippen molar-refractivity contribution in [3.05, 3.63) is 40.8 Å². The predicted molar refractivity (Wildman–Crippen MR) is 93.4 cm³/mol. The summed E-state index contributed by atoms with van der Waals surface area (Å²) in [5.41, 5.74) is 3.78. The molecule has 0 bridgehead atoms. The van der Waals surface area contributed by atoms with E-state index in [0.717, 1.165) is 43.2 Å². The van der Waals surface area contributed by atoms with Crippen LogP contribution in [0.2, 0.25) is 0 Å². The Balaban J connectivity index is 2.22. The molecule has 2 rings (SSSR count). The fourth-order valence-electron chi connectivity index (χ4n) is 3.13. The quantitative estimate of drug-likeness (QED) is 0.432. The second kappa shape index (κ2) is 8.22. The van der Waals surface area contributed by atoms with Crippen LogP contribution >= 0.6 is 0 Å². The lowest BCUT2D eigenvalue weighted by Crippen LogP contribution is -2.03. The topological polar surface area (TPSA) is 55.8 Å². The molecule has 4 heteroatoms. The zero-order chi connectivity index (χ0) is 17.7. The van der Waals surface area contributed by atoms with Gasteiger partial charge in [0.1, 0.15) is 23.7 Å². The van der Waals surface area contributed by atoms with E-state index < -0.39 is 5.97 Å². The van der Waals surface area contributed by atoms with E-state index in [1.165, 1.54) is 5.57 Å². The molecule has 0 spiro atoms. The molecular formula is C20H26O4. The molecule has 130 valence electrons. The van der Waals surface area contributed by atoms with E-state index in [4.69, 9.17) is 16.4 Å². The number of fused-ring (bicyclic) bond motifs is 1. The molecule has 1 heterocycles. The average molecular weight is 330 g/mol. The molecule has 24 heavy (non-hydrogen) atoms. The first-order valence-corrected chi connectivity index (χ1v) is 8.45. The van der Waals surface area contributed by atoms with Crippen LogP contribution in [0.5, 0.6) is 11.5 Å². The number of carbonyl (C=O) groups is 1. The maximum atomic E-state index is 11.9. The number of methoxy groups -OCH3 is 1. The molecular weight excluding hydrogens is 304 g/mol. The number of hydrogen-bond acceptors (Lipinski definition) is 4. The number of benzene rings is 1. The third kappa shape index (κ3) is 3.74. The number of phenols is 1. The van der Waals surface area contributed by atoms with Crippen LogP contribution in [0.1, 0.15) is 66.1 Å². The van der Waals surface area contributed by atoms with Crippen molar-refractivity contribution in [2.24, 2.45) is 0 Å². The van der Waals surface area contributed by atoms with E-state index in [0.29, 0.717) is 17.7 Å². The molecule has 0 fully saturated rings. The Morgan fingerprint density at radius 3 is 2.79 bits per heavy atom. The lowest BCUT2D eigenvalue weighted by atomic mass is 9.94. The summed E-state index contributed by atoms with van der Waals surface area (Å²) in [6.45, 7) is 9.68. The van der Waals surface area contributed by atoms with Gasteiger partial charge in [-0.2, -0.15) is 0 Å². The van der Waals surface area contributed by atoms with Crippen molar-refractivity contribution in [1.82, 2.24) is 0 Å². The molecule has 2 radical (unpaired) electrons. The highest BCUT2D eigenvalue weighted by molar-refractivity contribution is 5.98. The van der Waals surface area contributed by atoms with Crippen LogP contribution in [0.15, 0.2) is 11.6 Å². The molecule has 0 aliphatic carbocycles. The zero-order valence-corrected chi connectivity index (χ0v) is 14.8. The molecule has 0 saturated heterocycles. The molecule has 0 unspecified atom stereocenters. The Labute approximate surface area is 144 Å². The first-order valence-electron chi connectivity index (χ1n) is 8.45. The van der Waals surface area contributed by atoms with Crippen LogP contribution in [-0.2, 0) is 17.8 Å². The van der Waals surface area contributed by atoms with Crippen LogP contribution in [0.3, 0.4) is 0 Å². The van der Waals surface area contributed by atoms with Crippen LogP contribution in [-0.4, -0.2) is 18.2 Å². The number of cyclic esters (lactones) is 1. The molecule has 0 atom stereocenters. The van der Waals surface area contributed by atoms with Gasteiger partial charge in [-0.1, -0.05) is 24.5 Å². The highest BCUT2D eigenvalue weighted by Gasteiger charge is 2.31. The second-order valence-electron chi connectivity index (χ2n) is 6.27. The lowest BCUT2D eigenvalue weighted by Gasteiger charge is -2.15. The minimum Gasteiger partial charge on any atom is -0.507 e. The lowest BCUT2D eigenvalue weighted by molar-refractivity contribution is 0.0533. The maximum Gasteiger partial charge on any atom is 0.342 e. The van der Waals surface area contributed by atoms with Gasteiger partial charge in [0.2, 0.25) is 0 Å². The highest BCUT2D eigenvalue weighted by Crippen LogP contribution is 2.42. The number of unbranched alkanes of at least 4 members (excludes halogenated alkanes) is 3. The Morgan fingerprint density at radius 1 is 1.38 bits per heavy atom. The molecule has 1 aromatic rings. The van der Waals surface area contributed by atoms with Crippen molar-refractivity contribution in [3.63, 3.8) is 0 Å². The number of hydrogen-bond donors (Lipinski definition) is 1. The Hall–Kier alpha value is -1.97. The van der Waals surface area contributed by atoms with Crippen molar-refractivity contribution in [1.29, 1.82) is 0 Å². The van der Waals surface area contributed by atoms with Crippen LogP contribution in [0.25, 0.3) is 0 Å². The Bertz CT molecular complexity index is 644. The number of carbonyl (C=O) groups excluding carboxylic acids is 1. The fourth-order valence-corrected chi connectivity index (χ4v) is 3.13. The van der Waals surface area contributed by atoms with E-state index in [1.807, 2.05) is 6.92 Å².